The van der Waals surface area contributed by atoms with Gasteiger partial charge in [-0.25, -0.2) is 0 Å². The minimum Gasteiger partial charge on any atom is -0.347 e. The van der Waals surface area contributed by atoms with E-state index in [1.165, 1.54) is 0 Å². The Bertz CT molecular complexity index is 403. The highest BCUT2D eigenvalue weighted by atomic mass is 15.3. The van der Waals surface area contributed by atoms with Crippen LogP contribution < -0.4 is 4.90 Å². The van der Waals surface area contributed by atoms with Gasteiger partial charge in [-0.05, 0) is 18.9 Å². The van der Waals surface area contributed by atoms with E-state index in [0.29, 0.717) is 17.4 Å². The molecule has 4 nitrogen and oxygen atoms in total. The van der Waals surface area contributed by atoms with Crippen LogP contribution in [0.5, 0.6) is 0 Å². The summed E-state index contributed by atoms with van der Waals surface area (Å²) in [5, 5.41) is 16.8. The second-order valence-corrected chi connectivity index (χ2v) is 3.55. The quantitative estimate of drug-likeness (QED) is 0.691. The predicted molar refractivity (Wildman–Crippen MR) is 57.3 cm³/mol. The molecular weight excluding hydrogens is 188 g/mol. The molecule has 76 valence electrons. The van der Waals surface area contributed by atoms with Gasteiger partial charge in [0.15, 0.2) is 5.82 Å². The molecule has 1 fully saturated rings. The van der Waals surface area contributed by atoms with Crippen LogP contribution in [0, 0.1) is 11.3 Å². The Kier molecular flexibility index (Phi) is 2.64. The van der Waals surface area contributed by atoms with E-state index in [1.807, 2.05) is 6.08 Å². The van der Waals surface area contributed by atoms with Gasteiger partial charge in [0, 0.05) is 12.6 Å². The first-order chi connectivity index (χ1) is 7.36. The number of hydrogen-bond acceptors (Lipinski definition) is 4. The molecule has 0 N–H and O–H groups in total. The molecule has 0 radical (unpaired) electrons. The minimum absolute atomic E-state index is 0.506. The topological polar surface area (TPSA) is 52.8 Å². The lowest BCUT2D eigenvalue weighted by atomic mass is 10.3. The predicted octanol–water partition coefficient (Wildman–Crippen LogP) is 1.50. The van der Waals surface area contributed by atoms with Crippen molar-refractivity contribution in [3.63, 3.8) is 0 Å². The van der Waals surface area contributed by atoms with Crippen molar-refractivity contribution in [1.82, 2.24) is 10.2 Å². The SMILES string of the molecule is C=CCN(c1nnccc1C#N)C1CC1. The molecule has 0 spiro atoms. The average Bonchev–Trinajstić information content (AvgIpc) is 3.10. The van der Waals surface area contributed by atoms with Crippen LogP contribution >= 0.6 is 0 Å². The van der Waals surface area contributed by atoms with Gasteiger partial charge in [0.1, 0.15) is 6.07 Å². The molecule has 4 heteroatoms. The molecule has 0 bridgehead atoms. The first kappa shape index (κ1) is 9.66. The maximum atomic E-state index is 8.97. The van der Waals surface area contributed by atoms with Gasteiger partial charge in [0.25, 0.3) is 0 Å². The number of nitriles is 1. The van der Waals surface area contributed by atoms with Gasteiger partial charge < -0.3 is 4.90 Å². The summed E-state index contributed by atoms with van der Waals surface area (Å²) in [6.07, 6.45) is 5.69. The van der Waals surface area contributed by atoms with Crippen LogP contribution in [0.4, 0.5) is 5.82 Å². The van der Waals surface area contributed by atoms with Crippen LogP contribution in [-0.2, 0) is 0 Å². The first-order valence-electron chi connectivity index (χ1n) is 4.96. The molecule has 1 aliphatic rings. The van der Waals surface area contributed by atoms with Crippen molar-refractivity contribution < 1.29 is 0 Å². The zero-order chi connectivity index (χ0) is 10.7. The molecular formula is C11H12N4. The lowest BCUT2D eigenvalue weighted by Gasteiger charge is -2.21. The van der Waals surface area contributed by atoms with Crippen LogP contribution in [0.1, 0.15) is 18.4 Å². The van der Waals surface area contributed by atoms with E-state index in [-0.39, 0.29) is 0 Å². The molecule has 1 aromatic rings. The molecule has 1 aliphatic carbocycles. The van der Waals surface area contributed by atoms with Gasteiger partial charge in [0.2, 0.25) is 0 Å². The maximum Gasteiger partial charge on any atom is 0.169 e. The van der Waals surface area contributed by atoms with Crippen molar-refractivity contribution >= 4 is 5.82 Å². The average molecular weight is 200 g/mol. The lowest BCUT2D eigenvalue weighted by molar-refractivity contribution is 0.817. The van der Waals surface area contributed by atoms with E-state index in [4.69, 9.17) is 5.26 Å². The Morgan fingerprint density at radius 3 is 3.07 bits per heavy atom. The van der Waals surface area contributed by atoms with Gasteiger partial charge in [-0.1, -0.05) is 6.08 Å². The molecule has 0 saturated heterocycles. The zero-order valence-corrected chi connectivity index (χ0v) is 8.43. The van der Waals surface area contributed by atoms with Crippen LogP contribution in [0.25, 0.3) is 0 Å². The fourth-order valence-corrected chi connectivity index (χ4v) is 1.56. The molecule has 0 unspecified atom stereocenters. The lowest BCUT2D eigenvalue weighted by Crippen LogP contribution is -2.27. The number of nitrogens with zero attached hydrogens (tertiary/aromatic N) is 4. The maximum absolute atomic E-state index is 8.97. The van der Waals surface area contributed by atoms with Gasteiger partial charge >= 0.3 is 0 Å². The van der Waals surface area contributed by atoms with E-state index in [9.17, 15) is 0 Å². The summed E-state index contributed by atoms with van der Waals surface area (Å²) in [6.45, 7) is 4.44. The van der Waals surface area contributed by atoms with Gasteiger partial charge in [-0.3, -0.25) is 0 Å². The Hall–Kier alpha value is -1.89. The highest BCUT2D eigenvalue weighted by Gasteiger charge is 2.30. The van der Waals surface area contributed by atoms with E-state index in [2.05, 4.69) is 27.7 Å². The van der Waals surface area contributed by atoms with Gasteiger partial charge in [-0.2, -0.15) is 10.4 Å². The number of anilines is 1. The highest BCUT2D eigenvalue weighted by Crippen LogP contribution is 2.31. The molecule has 15 heavy (non-hydrogen) atoms. The Morgan fingerprint density at radius 1 is 1.67 bits per heavy atom. The van der Waals surface area contributed by atoms with Crippen molar-refractivity contribution in [2.24, 2.45) is 0 Å². The molecule has 1 aromatic heterocycles. The third kappa shape index (κ3) is 1.96. The number of rotatable bonds is 4. The van der Waals surface area contributed by atoms with E-state index >= 15 is 0 Å². The third-order valence-electron chi connectivity index (χ3n) is 2.41. The van der Waals surface area contributed by atoms with Gasteiger partial charge in [-0.15, -0.1) is 11.7 Å². The monoisotopic (exact) mass is 200 g/mol. The fraction of sp³-hybridized carbons (Fsp3) is 0.364. The smallest absolute Gasteiger partial charge is 0.169 e. The van der Waals surface area contributed by atoms with Crippen LogP contribution in [0.3, 0.4) is 0 Å². The normalized spacial score (nSPS) is 14.3. The summed E-state index contributed by atoms with van der Waals surface area (Å²) in [6, 6.07) is 4.34. The Labute approximate surface area is 88.9 Å². The highest BCUT2D eigenvalue weighted by molar-refractivity contribution is 5.54. The molecule has 0 amide bonds. The first-order valence-corrected chi connectivity index (χ1v) is 4.96. The summed E-state index contributed by atoms with van der Waals surface area (Å²) >= 11 is 0. The second-order valence-electron chi connectivity index (χ2n) is 3.55. The van der Waals surface area contributed by atoms with E-state index < -0.39 is 0 Å². The summed E-state index contributed by atoms with van der Waals surface area (Å²) in [5.41, 5.74) is 0.582. The van der Waals surface area contributed by atoms with Crippen molar-refractivity contribution in [1.29, 1.82) is 5.26 Å². The van der Waals surface area contributed by atoms with Crippen molar-refractivity contribution in [3.05, 3.63) is 30.5 Å². The van der Waals surface area contributed by atoms with E-state index in [1.54, 1.807) is 12.3 Å². The van der Waals surface area contributed by atoms with E-state index in [0.717, 1.165) is 19.4 Å². The molecule has 2 rings (SSSR count). The summed E-state index contributed by atoms with van der Waals surface area (Å²) in [7, 11) is 0. The van der Waals surface area contributed by atoms with Crippen molar-refractivity contribution in [3.8, 4) is 6.07 Å². The Balaban J connectivity index is 2.32. The standard InChI is InChI=1S/C11H12N4/c1-2-7-15(10-3-4-10)11-9(8-12)5-6-13-14-11/h2,5-6,10H,1,3-4,7H2. The largest absolute Gasteiger partial charge is 0.347 e. The van der Waals surface area contributed by atoms with Crippen molar-refractivity contribution in [2.45, 2.75) is 18.9 Å². The fourth-order valence-electron chi connectivity index (χ4n) is 1.56. The molecule has 1 saturated carbocycles. The number of hydrogen-bond donors (Lipinski definition) is 0. The van der Waals surface area contributed by atoms with Crippen LogP contribution in [0.15, 0.2) is 24.9 Å². The number of aromatic nitrogens is 2. The van der Waals surface area contributed by atoms with Crippen LogP contribution in [0.2, 0.25) is 0 Å². The molecule has 0 aliphatic heterocycles. The minimum atomic E-state index is 0.506. The van der Waals surface area contributed by atoms with Crippen molar-refractivity contribution in [2.75, 3.05) is 11.4 Å². The molecule has 1 heterocycles. The third-order valence-corrected chi connectivity index (χ3v) is 2.41. The molecule has 0 aromatic carbocycles. The summed E-state index contributed by atoms with van der Waals surface area (Å²) in [4.78, 5) is 2.10. The summed E-state index contributed by atoms with van der Waals surface area (Å²) < 4.78 is 0. The second kappa shape index (κ2) is 4.09. The molecule has 0 atom stereocenters. The van der Waals surface area contributed by atoms with Crippen LogP contribution in [-0.4, -0.2) is 22.8 Å². The zero-order valence-electron chi connectivity index (χ0n) is 8.43. The Morgan fingerprint density at radius 2 is 2.47 bits per heavy atom. The summed E-state index contributed by atoms with van der Waals surface area (Å²) in [5.74, 6) is 0.683. The van der Waals surface area contributed by atoms with Gasteiger partial charge in [0.05, 0.1) is 11.8 Å².